The van der Waals surface area contributed by atoms with Crippen LogP contribution in [0.5, 0.6) is 5.75 Å². The highest BCUT2D eigenvalue weighted by Gasteiger charge is 2.23. The summed E-state index contributed by atoms with van der Waals surface area (Å²) in [5.41, 5.74) is 1.90. The van der Waals surface area contributed by atoms with E-state index in [1.165, 1.54) is 7.11 Å². The van der Waals surface area contributed by atoms with E-state index in [0.29, 0.717) is 22.8 Å². The first-order valence-electron chi connectivity index (χ1n) is 11.0. The Bertz CT molecular complexity index is 1250. The Kier molecular flexibility index (Phi) is 7.92. The van der Waals surface area contributed by atoms with Crippen molar-refractivity contribution in [3.63, 3.8) is 0 Å². The number of carbonyl (C=O) groups is 2. The van der Waals surface area contributed by atoms with E-state index in [1.807, 2.05) is 24.3 Å². The molecule has 36 heavy (non-hydrogen) atoms. The number of benzene rings is 3. The molecule has 0 saturated carbocycles. The van der Waals surface area contributed by atoms with Gasteiger partial charge in [0.25, 0.3) is 0 Å². The molecule has 0 fully saturated rings. The van der Waals surface area contributed by atoms with Crippen LogP contribution in [0, 0.1) is 17.5 Å². The summed E-state index contributed by atoms with van der Waals surface area (Å²) < 4.78 is 51.8. The third-order valence-corrected chi connectivity index (χ3v) is 5.62. The highest BCUT2D eigenvalue weighted by molar-refractivity contribution is 5.90. The lowest BCUT2D eigenvalue weighted by Crippen LogP contribution is -2.33. The zero-order valence-corrected chi connectivity index (χ0v) is 20.5. The third-order valence-electron chi connectivity index (χ3n) is 5.62. The molecule has 0 aliphatic carbocycles. The molecule has 1 atom stereocenters. The summed E-state index contributed by atoms with van der Waals surface area (Å²) in [4.78, 5) is 24.6. The summed E-state index contributed by atoms with van der Waals surface area (Å²) in [5.74, 6) is -5.59. The maximum atomic E-state index is 14.4. The van der Waals surface area contributed by atoms with E-state index >= 15 is 0 Å². The molecule has 9 heteroatoms. The zero-order valence-electron chi connectivity index (χ0n) is 20.5. The number of esters is 1. The molecule has 3 aromatic rings. The second-order valence-electron chi connectivity index (χ2n) is 9.08. The minimum atomic E-state index is -1.56. The molecular weight excluding hydrogens is 473 g/mol. The summed E-state index contributed by atoms with van der Waals surface area (Å²) in [6.07, 6.45) is 0. The van der Waals surface area contributed by atoms with E-state index in [4.69, 9.17) is 4.74 Å². The third kappa shape index (κ3) is 5.79. The lowest BCUT2D eigenvalue weighted by molar-refractivity contribution is 0.0600. The molecular formula is C27H27F3N2O4. The van der Waals surface area contributed by atoms with Gasteiger partial charge in [-0.2, -0.15) is 4.39 Å². The van der Waals surface area contributed by atoms with Crippen LogP contribution in [0.1, 0.15) is 53.9 Å². The van der Waals surface area contributed by atoms with Gasteiger partial charge in [0.2, 0.25) is 5.82 Å². The van der Waals surface area contributed by atoms with E-state index in [1.54, 1.807) is 24.3 Å². The molecule has 0 heterocycles. The van der Waals surface area contributed by atoms with Gasteiger partial charge in [-0.3, -0.25) is 0 Å². The van der Waals surface area contributed by atoms with E-state index < -0.39 is 46.9 Å². The lowest BCUT2D eigenvalue weighted by atomic mass is 9.85. The van der Waals surface area contributed by atoms with Crippen molar-refractivity contribution in [2.24, 2.45) is 0 Å². The predicted octanol–water partition coefficient (Wildman–Crippen LogP) is 6.11. The van der Waals surface area contributed by atoms with Gasteiger partial charge in [-0.1, -0.05) is 57.2 Å². The molecule has 6 nitrogen and oxygen atoms in total. The summed E-state index contributed by atoms with van der Waals surface area (Å²) >= 11 is 0. The van der Waals surface area contributed by atoms with Gasteiger partial charge in [0.1, 0.15) is 0 Å². The number of anilines is 1. The Balaban J connectivity index is 1.94. The van der Waals surface area contributed by atoms with Crippen LogP contribution in [-0.2, 0) is 10.2 Å². The van der Waals surface area contributed by atoms with Gasteiger partial charge in [-0.05, 0) is 34.2 Å². The molecule has 3 aromatic carbocycles. The molecule has 0 radical (unpaired) electrons. The Morgan fingerprint density at radius 1 is 0.861 bits per heavy atom. The minimum Gasteiger partial charge on any atom is -0.491 e. The quantitative estimate of drug-likeness (QED) is 0.316. The first-order chi connectivity index (χ1) is 17.0. The minimum absolute atomic E-state index is 0.0962. The fraction of sp³-hybridized carbons (Fsp3) is 0.259. The van der Waals surface area contributed by atoms with Crippen molar-refractivity contribution in [3.05, 3.63) is 94.3 Å². The normalized spacial score (nSPS) is 12.0. The van der Waals surface area contributed by atoms with Gasteiger partial charge in [0, 0.05) is 6.07 Å². The van der Waals surface area contributed by atoms with Crippen LogP contribution in [0.3, 0.4) is 0 Å². The number of ether oxygens (including phenoxy) is 2. The van der Waals surface area contributed by atoms with Gasteiger partial charge in [-0.15, -0.1) is 0 Å². The zero-order chi connectivity index (χ0) is 26.6. The van der Waals surface area contributed by atoms with Crippen molar-refractivity contribution >= 4 is 17.7 Å². The van der Waals surface area contributed by atoms with Crippen molar-refractivity contribution in [1.29, 1.82) is 0 Å². The highest BCUT2D eigenvalue weighted by Crippen LogP contribution is 2.30. The maximum absolute atomic E-state index is 14.4. The number of urea groups is 1. The average molecular weight is 501 g/mol. The van der Waals surface area contributed by atoms with Crippen LogP contribution >= 0.6 is 0 Å². The molecule has 0 aliphatic heterocycles. The van der Waals surface area contributed by atoms with Crippen LogP contribution in [0.2, 0.25) is 0 Å². The molecule has 2 N–H and O–H groups in total. The average Bonchev–Trinajstić information content (AvgIpc) is 2.85. The van der Waals surface area contributed by atoms with Crippen molar-refractivity contribution in [2.45, 2.75) is 32.2 Å². The Morgan fingerprint density at radius 2 is 1.42 bits per heavy atom. The van der Waals surface area contributed by atoms with E-state index in [2.05, 4.69) is 36.1 Å². The lowest BCUT2D eigenvalue weighted by Gasteiger charge is -2.23. The topological polar surface area (TPSA) is 76.7 Å². The van der Waals surface area contributed by atoms with Gasteiger partial charge in [-0.25, -0.2) is 18.4 Å². The van der Waals surface area contributed by atoms with Gasteiger partial charge < -0.3 is 20.1 Å². The second kappa shape index (κ2) is 10.7. The molecule has 3 rings (SSSR count). The molecule has 2 amide bonds. The number of carbonyl (C=O) groups excluding carboxylic acids is 2. The summed E-state index contributed by atoms with van der Waals surface area (Å²) in [5, 5.41) is 4.86. The van der Waals surface area contributed by atoms with Gasteiger partial charge in [0.05, 0.1) is 31.5 Å². The monoisotopic (exact) mass is 500 g/mol. The standard InChI is InChI=1S/C27H27F3N2O4/c1-27(2,3)18-12-10-16(11-13-18)23(15-6-8-17(9-7-15)25(33)36-5)32-26(34)31-20-14-19(28)24(35-4)22(30)21(20)29/h6-14,23H,1-5H3,(H2,31,32,34). The van der Waals surface area contributed by atoms with E-state index in [9.17, 15) is 22.8 Å². The van der Waals surface area contributed by atoms with Gasteiger partial charge >= 0.3 is 12.0 Å². The largest absolute Gasteiger partial charge is 0.491 e. The second-order valence-corrected chi connectivity index (χ2v) is 9.08. The molecule has 0 saturated heterocycles. The van der Waals surface area contributed by atoms with Crippen LogP contribution in [0.25, 0.3) is 0 Å². The summed E-state index contributed by atoms with van der Waals surface area (Å²) in [7, 11) is 2.27. The molecule has 0 aliphatic rings. The Hall–Kier alpha value is -4.01. The smallest absolute Gasteiger partial charge is 0.337 e. The van der Waals surface area contributed by atoms with Crippen LogP contribution < -0.4 is 15.4 Å². The number of nitrogens with one attached hydrogen (secondary N) is 2. The van der Waals surface area contributed by atoms with Crippen molar-refractivity contribution in [3.8, 4) is 5.75 Å². The SMILES string of the molecule is COC(=O)c1ccc(C(NC(=O)Nc2cc(F)c(OC)c(F)c2F)c2ccc(C(C)(C)C)cc2)cc1. The molecule has 0 spiro atoms. The molecule has 0 aromatic heterocycles. The Morgan fingerprint density at radius 3 is 1.92 bits per heavy atom. The van der Waals surface area contributed by atoms with Gasteiger partial charge in [0.15, 0.2) is 17.4 Å². The van der Waals surface area contributed by atoms with Crippen molar-refractivity contribution in [2.75, 3.05) is 19.5 Å². The number of amides is 2. The highest BCUT2D eigenvalue weighted by atomic mass is 19.2. The number of rotatable bonds is 6. The molecule has 0 bridgehead atoms. The van der Waals surface area contributed by atoms with Crippen molar-refractivity contribution in [1.82, 2.24) is 5.32 Å². The summed E-state index contributed by atoms with van der Waals surface area (Å²) in [6.45, 7) is 6.20. The van der Waals surface area contributed by atoms with E-state index in [-0.39, 0.29) is 5.41 Å². The number of hydrogen-bond acceptors (Lipinski definition) is 4. The van der Waals surface area contributed by atoms with Crippen LogP contribution in [-0.4, -0.2) is 26.2 Å². The maximum Gasteiger partial charge on any atom is 0.337 e. The van der Waals surface area contributed by atoms with Crippen LogP contribution in [0.4, 0.5) is 23.7 Å². The first kappa shape index (κ1) is 26.6. The number of methoxy groups -OCH3 is 2. The Labute approximate surface area is 207 Å². The fourth-order valence-electron chi connectivity index (χ4n) is 3.61. The first-order valence-corrected chi connectivity index (χ1v) is 11.0. The van der Waals surface area contributed by atoms with Crippen LogP contribution in [0.15, 0.2) is 54.6 Å². The summed E-state index contributed by atoms with van der Waals surface area (Å²) in [6, 6.07) is 12.9. The molecule has 1 unspecified atom stereocenters. The molecule has 190 valence electrons. The van der Waals surface area contributed by atoms with E-state index in [0.717, 1.165) is 12.7 Å². The predicted molar refractivity (Wildman–Crippen MR) is 130 cm³/mol. The number of hydrogen-bond donors (Lipinski definition) is 2. The fourth-order valence-corrected chi connectivity index (χ4v) is 3.61. The van der Waals surface area contributed by atoms with Crippen molar-refractivity contribution < 1.29 is 32.2 Å². The number of halogens is 3.